The number of hydrogen-bond acceptors (Lipinski definition) is 3. The molecule has 3 aromatic rings. The lowest BCUT2D eigenvalue weighted by Gasteiger charge is -2.38. The van der Waals surface area contributed by atoms with Gasteiger partial charge in [0.25, 0.3) is 0 Å². The van der Waals surface area contributed by atoms with E-state index in [0.29, 0.717) is 25.1 Å². The normalized spacial score (nSPS) is 14.2. The number of rotatable bonds is 4. The summed E-state index contributed by atoms with van der Waals surface area (Å²) in [6, 6.07) is 23.2. The van der Waals surface area contributed by atoms with E-state index in [-0.39, 0.29) is 17.3 Å². The summed E-state index contributed by atoms with van der Waals surface area (Å²) in [4.78, 5) is 26.6. The molecule has 0 aliphatic carbocycles. The minimum Gasteiger partial charge on any atom is -0.462 e. The molecule has 0 saturated heterocycles. The molecule has 0 radical (unpaired) electrons. The van der Waals surface area contributed by atoms with E-state index in [4.69, 9.17) is 4.74 Å². The smallest absolute Gasteiger partial charge is 0.338 e. The van der Waals surface area contributed by atoms with Crippen molar-refractivity contribution in [2.24, 2.45) is 0 Å². The molecule has 3 aromatic carbocycles. The third-order valence-corrected chi connectivity index (χ3v) is 5.84. The molecule has 1 aliphatic heterocycles. The van der Waals surface area contributed by atoms with E-state index in [1.54, 1.807) is 19.1 Å². The number of carbonyl (C=O) groups excluding carboxylic acids is 2. The Labute approximate surface area is 195 Å². The van der Waals surface area contributed by atoms with Crippen LogP contribution in [-0.2, 0) is 21.5 Å². The lowest BCUT2D eigenvalue weighted by Crippen LogP contribution is -2.41. The molecule has 0 bridgehead atoms. The highest BCUT2D eigenvalue weighted by molar-refractivity contribution is 5.98. The number of esters is 1. The van der Waals surface area contributed by atoms with E-state index < -0.39 is 0 Å². The molecule has 0 saturated carbocycles. The maximum atomic E-state index is 13.0. The maximum absolute atomic E-state index is 13.0. The van der Waals surface area contributed by atoms with Crippen LogP contribution < -0.4 is 4.90 Å². The number of ether oxygens (including phenoxy) is 1. The standard InChI is InChI=1S/C29H27NO3/c1-4-33-28(32)24-15-12-21(13-16-24)10-11-22-14-17-26-25(18-22)29(2,3)19-27(31)30(26)20-23-8-6-5-7-9-23/h5-9,12-18H,4,19-20H2,1-3H3. The second kappa shape index (κ2) is 9.34. The van der Waals surface area contributed by atoms with Crippen LogP contribution in [0.3, 0.4) is 0 Å². The van der Waals surface area contributed by atoms with E-state index in [1.165, 1.54) is 0 Å². The number of nitrogens with zero attached hydrogens (tertiary/aromatic N) is 1. The van der Waals surface area contributed by atoms with Crippen molar-refractivity contribution in [3.8, 4) is 11.8 Å². The van der Waals surface area contributed by atoms with Crippen LogP contribution >= 0.6 is 0 Å². The van der Waals surface area contributed by atoms with Gasteiger partial charge in [-0.2, -0.15) is 0 Å². The Morgan fingerprint density at radius 1 is 0.970 bits per heavy atom. The highest BCUT2D eigenvalue weighted by Gasteiger charge is 2.36. The Morgan fingerprint density at radius 2 is 1.64 bits per heavy atom. The predicted molar refractivity (Wildman–Crippen MR) is 130 cm³/mol. The van der Waals surface area contributed by atoms with Gasteiger partial charge in [-0.15, -0.1) is 0 Å². The molecule has 0 atom stereocenters. The fourth-order valence-corrected chi connectivity index (χ4v) is 4.08. The zero-order valence-electron chi connectivity index (χ0n) is 19.2. The predicted octanol–water partition coefficient (Wildman–Crippen LogP) is 5.48. The summed E-state index contributed by atoms with van der Waals surface area (Å²) in [7, 11) is 0. The van der Waals surface area contributed by atoms with E-state index in [0.717, 1.165) is 27.9 Å². The van der Waals surface area contributed by atoms with Crippen molar-refractivity contribution in [3.05, 3.63) is 101 Å². The minimum atomic E-state index is -0.330. The average molecular weight is 438 g/mol. The number of amides is 1. The Bertz CT molecular complexity index is 1230. The Balaban J connectivity index is 1.61. The molecule has 166 valence electrons. The average Bonchev–Trinajstić information content (AvgIpc) is 2.81. The largest absolute Gasteiger partial charge is 0.462 e. The van der Waals surface area contributed by atoms with Gasteiger partial charge >= 0.3 is 5.97 Å². The van der Waals surface area contributed by atoms with Crippen molar-refractivity contribution in [2.75, 3.05) is 11.5 Å². The summed E-state index contributed by atoms with van der Waals surface area (Å²) >= 11 is 0. The van der Waals surface area contributed by atoms with Crippen molar-refractivity contribution in [3.63, 3.8) is 0 Å². The summed E-state index contributed by atoms with van der Waals surface area (Å²) in [6.07, 6.45) is 0.457. The van der Waals surface area contributed by atoms with Crippen LogP contribution in [-0.4, -0.2) is 18.5 Å². The van der Waals surface area contributed by atoms with E-state index in [2.05, 4.69) is 31.8 Å². The third kappa shape index (κ3) is 4.99. The molecule has 0 fully saturated rings. The summed E-state index contributed by atoms with van der Waals surface area (Å²) in [6.45, 7) is 6.91. The van der Waals surface area contributed by atoms with Crippen LogP contribution in [0.5, 0.6) is 0 Å². The maximum Gasteiger partial charge on any atom is 0.338 e. The number of benzene rings is 3. The van der Waals surface area contributed by atoms with E-state index in [1.807, 2.05) is 59.5 Å². The van der Waals surface area contributed by atoms with Crippen LogP contribution in [0.4, 0.5) is 5.69 Å². The quantitative estimate of drug-likeness (QED) is 0.401. The fourth-order valence-electron chi connectivity index (χ4n) is 4.08. The van der Waals surface area contributed by atoms with Gasteiger partial charge in [0.15, 0.2) is 0 Å². The minimum absolute atomic E-state index is 0.136. The Morgan fingerprint density at radius 3 is 2.33 bits per heavy atom. The number of anilines is 1. The molecule has 0 N–H and O–H groups in total. The highest BCUT2D eigenvalue weighted by atomic mass is 16.5. The second-order valence-electron chi connectivity index (χ2n) is 8.81. The van der Waals surface area contributed by atoms with Crippen LogP contribution in [0.2, 0.25) is 0 Å². The second-order valence-corrected chi connectivity index (χ2v) is 8.81. The lowest BCUT2D eigenvalue weighted by molar-refractivity contribution is -0.120. The first-order chi connectivity index (χ1) is 15.9. The van der Waals surface area contributed by atoms with Crippen molar-refractivity contribution in [1.29, 1.82) is 0 Å². The van der Waals surface area contributed by atoms with Crippen molar-refractivity contribution in [2.45, 2.75) is 39.2 Å². The summed E-state index contributed by atoms with van der Waals surface area (Å²) in [5.74, 6) is 6.21. The lowest BCUT2D eigenvalue weighted by atomic mass is 9.76. The van der Waals surface area contributed by atoms with Crippen LogP contribution in [0.15, 0.2) is 72.8 Å². The Kier molecular flexibility index (Phi) is 6.33. The molecular weight excluding hydrogens is 410 g/mol. The van der Waals surface area contributed by atoms with E-state index in [9.17, 15) is 9.59 Å². The number of hydrogen-bond donors (Lipinski definition) is 0. The SMILES string of the molecule is CCOC(=O)c1ccc(C#Cc2ccc3c(c2)C(C)(C)CC(=O)N3Cc2ccccc2)cc1. The first-order valence-corrected chi connectivity index (χ1v) is 11.2. The zero-order valence-corrected chi connectivity index (χ0v) is 19.2. The topological polar surface area (TPSA) is 46.6 Å². The molecule has 1 amide bonds. The monoisotopic (exact) mass is 437 g/mol. The van der Waals surface area contributed by atoms with Crippen molar-refractivity contribution in [1.82, 2.24) is 0 Å². The van der Waals surface area contributed by atoms with Gasteiger partial charge in [-0.3, -0.25) is 4.79 Å². The molecule has 1 heterocycles. The van der Waals surface area contributed by atoms with Gasteiger partial charge in [-0.25, -0.2) is 4.79 Å². The van der Waals surface area contributed by atoms with Crippen LogP contribution in [0.25, 0.3) is 0 Å². The zero-order chi connectivity index (χ0) is 23.4. The van der Waals surface area contributed by atoms with Gasteiger partial charge in [-0.05, 0) is 60.5 Å². The molecule has 0 unspecified atom stereocenters. The number of fused-ring (bicyclic) bond motifs is 1. The van der Waals surface area contributed by atoms with Gasteiger partial charge in [0.1, 0.15) is 0 Å². The molecule has 33 heavy (non-hydrogen) atoms. The first-order valence-electron chi connectivity index (χ1n) is 11.2. The number of carbonyl (C=O) groups is 2. The van der Waals surface area contributed by atoms with Gasteiger partial charge < -0.3 is 9.64 Å². The molecule has 4 rings (SSSR count). The van der Waals surface area contributed by atoms with Crippen molar-refractivity contribution < 1.29 is 14.3 Å². The molecule has 0 aromatic heterocycles. The van der Waals surface area contributed by atoms with Crippen LogP contribution in [0, 0.1) is 11.8 Å². The van der Waals surface area contributed by atoms with Gasteiger partial charge in [0.2, 0.25) is 5.91 Å². The Hall–Kier alpha value is -3.84. The van der Waals surface area contributed by atoms with Gasteiger partial charge in [0, 0.05) is 28.7 Å². The molecular formula is C29H27NO3. The summed E-state index contributed by atoms with van der Waals surface area (Å²) in [5.41, 5.74) is 5.14. The molecule has 4 nitrogen and oxygen atoms in total. The fraction of sp³-hybridized carbons (Fsp3) is 0.241. The highest BCUT2D eigenvalue weighted by Crippen LogP contribution is 2.41. The summed E-state index contributed by atoms with van der Waals surface area (Å²) in [5, 5.41) is 0. The summed E-state index contributed by atoms with van der Waals surface area (Å²) < 4.78 is 5.02. The van der Waals surface area contributed by atoms with Gasteiger partial charge in [-0.1, -0.05) is 56.0 Å². The molecule has 1 aliphatic rings. The molecule has 0 spiro atoms. The van der Waals surface area contributed by atoms with Crippen LogP contribution in [0.1, 0.15) is 59.8 Å². The van der Waals surface area contributed by atoms with Crippen molar-refractivity contribution >= 4 is 17.6 Å². The molecule has 4 heteroatoms. The third-order valence-electron chi connectivity index (χ3n) is 5.84. The van der Waals surface area contributed by atoms with E-state index >= 15 is 0 Å². The van der Waals surface area contributed by atoms with Gasteiger partial charge in [0.05, 0.1) is 18.7 Å². The first kappa shape index (κ1) is 22.4.